The SMILES string of the molecule is Cc1nc(N(C)CCC(=O)O)c(Cl)cc1C#N. The largest absolute Gasteiger partial charge is 0.481 e. The van der Waals surface area contributed by atoms with Gasteiger partial charge in [-0.3, -0.25) is 4.79 Å². The zero-order valence-electron chi connectivity index (χ0n) is 9.57. The van der Waals surface area contributed by atoms with Crippen molar-refractivity contribution in [3.8, 4) is 6.07 Å². The number of hydrogen-bond donors (Lipinski definition) is 1. The van der Waals surface area contributed by atoms with Crippen LogP contribution in [0.3, 0.4) is 0 Å². The third-order valence-electron chi connectivity index (χ3n) is 2.29. The summed E-state index contributed by atoms with van der Waals surface area (Å²) in [4.78, 5) is 16.3. The van der Waals surface area contributed by atoms with Gasteiger partial charge in [-0.15, -0.1) is 0 Å². The summed E-state index contributed by atoms with van der Waals surface area (Å²) >= 11 is 5.99. The molecule has 90 valence electrons. The van der Waals surface area contributed by atoms with Gasteiger partial charge in [0.05, 0.1) is 22.7 Å². The van der Waals surface area contributed by atoms with Crippen molar-refractivity contribution in [3.63, 3.8) is 0 Å². The number of carbonyl (C=O) groups is 1. The molecule has 1 aromatic heterocycles. The molecule has 0 saturated heterocycles. The van der Waals surface area contributed by atoms with Gasteiger partial charge in [-0.1, -0.05) is 11.6 Å². The molecular formula is C11H12ClN3O2. The summed E-state index contributed by atoms with van der Waals surface area (Å²) < 4.78 is 0. The van der Waals surface area contributed by atoms with Crippen molar-refractivity contribution < 1.29 is 9.90 Å². The number of anilines is 1. The van der Waals surface area contributed by atoms with Crippen LogP contribution in [0.1, 0.15) is 17.7 Å². The smallest absolute Gasteiger partial charge is 0.305 e. The van der Waals surface area contributed by atoms with Crippen LogP contribution in [-0.4, -0.2) is 29.7 Å². The lowest BCUT2D eigenvalue weighted by atomic mass is 10.2. The Kier molecular flexibility index (Phi) is 4.30. The number of halogens is 1. The van der Waals surface area contributed by atoms with Crippen LogP contribution >= 0.6 is 11.6 Å². The average Bonchev–Trinajstić information content (AvgIpc) is 2.28. The van der Waals surface area contributed by atoms with E-state index in [0.717, 1.165) is 0 Å². The van der Waals surface area contributed by atoms with Crippen molar-refractivity contribution in [2.45, 2.75) is 13.3 Å². The molecule has 0 unspecified atom stereocenters. The van der Waals surface area contributed by atoms with Gasteiger partial charge in [0.2, 0.25) is 0 Å². The number of hydrogen-bond acceptors (Lipinski definition) is 4. The van der Waals surface area contributed by atoms with E-state index < -0.39 is 5.97 Å². The van der Waals surface area contributed by atoms with E-state index in [0.29, 0.717) is 28.6 Å². The molecule has 0 radical (unpaired) electrons. The monoisotopic (exact) mass is 253 g/mol. The summed E-state index contributed by atoms with van der Waals surface area (Å²) in [5, 5.41) is 17.7. The van der Waals surface area contributed by atoms with Crippen LogP contribution in [0, 0.1) is 18.3 Å². The maximum absolute atomic E-state index is 10.5. The summed E-state index contributed by atoms with van der Waals surface area (Å²) in [5.74, 6) is -0.386. The fourth-order valence-corrected chi connectivity index (χ4v) is 1.61. The third kappa shape index (κ3) is 3.33. The first-order valence-corrected chi connectivity index (χ1v) is 5.33. The number of aliphatic carboxylic acids is 1. The third-order valence-corrected chi connectivity index (χ3v) is 2.57. The lowest BCUT2D eigenvalue weighted by Gasteiger charge is -2.19. The number of rotatable bonds is 4. The molecule has 1 aromatic rings. The second-order valence-corrected chi connectivity index (χ2v) is 4.01. The summed E-state index contributed by atoms with van der Waals surface area (Å²) in [5.41, 5.74) is 0.999. The second-order valence-electron chi connectivity index (χ2n) is 3.60. The number of carboxylic acid groups (broad SMARTS) is 1. The number of carboxylic acids is 1. The maximum atomic E-state index is 10.5. The first-order chi connectivity index (χ1) is 7.95. The first-order valence-electron chi connectivity index (χ1n) is 4.96. The maximum Gasteiger partial charge on any atom is 0.305 e. The Morgan fingerprint density at radius 1 is 1.71 bits per heavy atom. The van der Waals surface area contributed by atoms with Gasteiger partial charge in [0.25, 0.3) is 0 Å². The Morgan fingerprint density at radius 2 is 2.35 bits per heavy atom. The number of nitriles is 1. The van der Waals surface area contributed by atoms with Crippen molar-refractivity contribution in [3.05, 3.63) is 22.3 Å². The van der Waals surface area contributed by atoms with Crippen LogP contribution in [0.5, 0.6) is 0 Å². The second kappa shape index (κ2) is 5.51. The molecule has 5 nitrogen and oxygen atoms in total. The van der Waals surface area contributed by atoms with Crippen LogP contribution in [0.15, 0.2) is 6.07 Å². The highest BCUT2D eigenvalue weighted by molar-refractivity contribution is 6.33. The number of aryl methyl sites for hydroxylation is 1. The minimum Gasteiger partial charge on any atom is -0.481 e. The molecular weight excluding hydrogens is 242 g/mol. The van der Waals surface area contributed by atoms with Crippen LogP contribution < -0.4 is 4.90 Å². The number of aromatic nitrogens is 1. The van der Waals surface area contributed by atoms with Crippen molar-refractivity contribution in [1.29, 1.82) is 5.26 Å². The molecule has 6 heteroatoms. The molecule has 0 bridgehead atoms. The van der Waals surface area contributed by atoms with Gasteiger partial charge in [0, 0.05) is 13.6 Å². The molecule has 1 heterocycles. The Hall–Kier alpha value is -1.80. The summed E-state index contributed by atoms with van der Waals surface area (Å²) in [7, 11) is 1.71. The highest BCUT2D eigenvalue weighted by atomic mass is 35.5. The minimum atomic E-state index is -0.877. The van der Waals surface area contributed by atoms with E-state index in [-0.39, 0.29) is 6.42 Å². The van der Waals surface area contributed by atoms with Crippen molar-refractivity contribution in [2.75, 3.05) is 18.5 Å². The Balaban J connectivity index is 2.95. The topological polar surface area (TPSA) is 77.2 Å². The highest BCUT2D eigenvalue weighted by Gasteiger charge is 2.12. The number of nitrogens with zero attached hydrogens (tertiary/aromatic N) is 3. The molecule has 0 aliphatic rings. The fourth-order valence-electron chi connectivity index (χ4n) is 1.32. The van der Waals surface area contributed by atoms with Crippen LogP contribution in [0.4, 0.5) is 5.82 Å². The van der Waals surface area contributed by atoms with Crippen molar-refractivity contribution >= 4 is 23.4 Å². The lowest BCUT2D eigenvalue weighted by Crippen LogP contribution is -2.22. The zero-order chi connectivity index (χ0) is 13.0. The van der Waals surface area contributed by atoms with Gasteiger partial charge >= 0.3 is 5.97 Å². The standard InChI is InChI=1S/C11H12ClN3O2/c1-7-8(6-13)5-9(12)11(14-7)15(2)4-3-10(16)17/h5H,3-4H2,1-2H3,(H,16,17). The zero-order valence-corrected chi connectivity index (χ0v) is 10.3. The summed E-state index contributed by atoms with van der Waals surface area (Å²) in [6, 6.07) is 3.53. The van der Waals surface area contributed by atoms with E-state index in [4.69, 9.17) is 22.0 Å². The number of pyridine rings is 1. The molecule has 0 fully saturated rings. The van der Waals surface area contributed by atoms with Gasteiger partial charge in [0.1, 0.15) is 11.9 Å². The van der Waals surface area contributed by atoms with Gasteiger partial charge in [-0.25, -0.2) is 4.98 Å². The average molecular weight is 254 g/mol. The fraction of sp³-hybridized carbons (Fsp3) is 0.364. The molecule has 1 N–H and O–H groups in total. The van der Waals surface area contributed by atoms with Gasteiger partial charge in [-0.05, 0) is 13.0 Å². The normalized spacial score (nSPS) is 9.76. The molecule has 17 heavy (non-hydrogen) atoms. The molecule has 0 amide bonds. The Morgan fingerprint density at radius 3 is 2.88 bits per heavy atom. The molecule has 0 saturated carbocycles. The van der Waals surface area contributed by atoms with E-state index in [1.807, 2.05) is 6.07 Å². The van der Waals surface area contributed by atoms with E-state index in [1.165, 1.54) is 6.07 Å². The first kappa shape index (κ1) is 13.3. The van der Waals surface area contributed by atoms with Crippen LogP contribution in [-0.2, 0) is 4.79 Å². The highest BCUT2D eigenvalue weighted by Crippen LogP contribution is 2.25. The predicted octanol–water partition coefficient (Wildman–Crippen LogP) is 1.83. The molecule has 0 aromatic carbocycles. The van der Waals surface area contributed by atoms with Crippen LogP contribution in [0.2, 0.25) is 5.02 Å². The molecule has 0 aliphatic heterocycles. The van der Waals surface area contributed by atoms with E-state index in [9.17, 15) is 4.79 Å². The molecule has 0 atom stereocenters. The van der Waals surface area contributed by atoms with Crippen molar-refractivity contribution in [2.24, 2.45) is 0 Å². The molecule has 0 spiro atoms. The predicted molar refractivity (Wildman–Crippen MR) is 64.2 cm³/mol. The van der Waals surface area contributed by atoms with Crippen LogP contribution in [0.25, 0.3) is 0 Å². The Bertz CT molecular complexity index is 482. The minimum absolute atomic E-state index is 0.00750. The van der Waals surface area contributed by atoms with Gasteiger partial charge in [0.15, 0.2) is 0 Å². The molecule has 1 rings (SSSR count). The van der Waals surface area contributed by atoms with E-state index in [2.05, 4.69) is 4.98 Å². The summed E-state index contributed by atoms with van der Waals surface area (Å²) in [6.45, 7) is 2.02. The van der Waals surface area contributed by atoms with E-state index in [1.54, 1.807) is 18.9 Å². The summed E-state index contributed by atoms with van der Waals surface area (Å²) in [6.07, 6.45) is 0.00750. The van der Waals surface area contributed by atoms with E-state index >= 15 is 0 Å². The van der Waals surface area contributed by atoms with Crippen molar-refractivity contribution in [1.82, 2.24) is 4.98 Å². The van der Waals surface area contributed by atoms with Gasteiger partial charge < -0.3 is 10.0 Å². The lowest BCUT2D eigenvalue weighted by molar-refractivity contribution is -0.136. The molecule has 0 aliphatic carbocycles. The van der Waals surface area contributed by atoms with Gasteiger partial charge in [-0.2, -0.15) is 5.26 Å². The Labute approximate surface area is 104 Å². The quantitative estimate of drug-likeness (QED) is 0.886.